The molecular weight excluding hydrogens is 238 g/mol. The molecule has 3 rings (SSSR count). The van der Waals surface area contributed by atoms with Crippen LogP contribution in [0.15, 0.2) is 16.5 Å². The average Bonchev–Trinajstić information content (AvgIpc) is 2.95. The lowest BCUT2D eigenvalue weighted by molar-refractivity contribution is 0.103. The van der Waals surface area contributed by atoms with Gasteiger partial charge in [-0.3, -0.25) is 4.90 Å². The van der Waals surface area contributed by atoms with Crippen molar-refractivity contribution in [1.82, 2.24) is 9.80 Å². The van der Waals surface area contributed by atoms with E-state index in [9.17, 15) is 0 Å². The van der Waals surface area contributed by atoms with Crippen LogP contribution in [0.4, 0.5) is 0 Å². The average molecular weight is 263 g/mol. The third-order valence-electron chi connectivity index (χ3n) is 4.65. The van der Waals surface area contributed by atoms with E-state index in [2.05, 4.69) is 35.9 Å². The topological polar surface area (TPSA) is 45.6 Å². The molecule has 2 fully saturated rings. The van der Waals surface area contributed by atoms with E-state index in [4.69, 9.17) is 10.2 Å². The number of hydrogen-bond donors (Lipinski definition) is 1. The summed E-state index contributed by atoms with van der Waals surface area (Å²) in [4.78, 5) is 4.82. The van der Waals surface area contributed by atoms with Crippen LogP contribution in [0.3, 0.4) is 0 Å². The summed E-state index contributed by atoms with van der Waals surface area (Å²) < 4.78 is 6.08. The number of rotatable bonds is 4. The third-order valence-corrected chi connectivity index (χ3v) is 4.65. The van der Waals surface area contributed by atoms with Crippen LogP contribution in [0.1, 0.15) is 36.8 Å². The van der Waals surface area contributed by atoms with Crippen molar-refractivity contribution in [3.63, 3.8) is 0 Å². The quantitative estimate of drug-likeness (QED) is 0.897. The van der Waals surface area contributed by atoms with Gasteiger partial charge in [-0.2, -0.15) is 0 Å². The Balaban J connectivity index is 1.69. The van der Waals surface area contributed by atoms with Crippen LogP contribution in [0.25, 0.3) is 0 Å². The van der Waals surface area contributed by atoms with E-state index in [1.807, 2.05) is 0 Å². The molecular formula is C15H25N3O. The molecule has 2 aliphatic rings. The molecule has 0 spiro atoms. The molecule has 4 nitrogen and oxygen atoms in total. The molecule has 1 aliphatic heterocycles. The highest BCUT2D eigenvalue weighted by Gasteiger charge is 2.37. The van der Waals surface area contributed by atoms with E-state index in [1.165, 1.54) is 6.42 Å². The fourth-order valence-corrected chi connectivity index (χ4v) is 3.04. The lowest BCUT2D eigenvalue weighted by Crippen LogP contribution is -2.47. The Morgan fingerprint density at radius 1 is 1.32 bits per heavy atom. The second-order valence-electron chi connectivity index (χ2n) is 6.15. The molecule has 1 saturated heterocycles. The van der Waals surface area contributed by atoms with Gasteiger partial charge in [0.05, 0.1) is 6.04 Å². The molecule has 4 heteroatoms. The van der Waals surface area contributed by atoms with Crippen LogP contribution in [0, 0.1) is 5.92 Å². The van der Waals surface area contributed by atoms with Gasteiger partial charge in [0.25, 0.3) is 0 Å². The molecule has 1 saturated carbocycles. The van der Waals surface area contributed by atoms with Crippen molar-refractivity contribution < 1.29 is 4.42 Å². The van der Waals surface area contributed by atoms with Gasteiger partial charge in [0, 0.05) is 38.6 Å². The van der Waals surface area contributed by atoms with Crippen LogP contribution in [-0.2, 0) is 0 Å². The molecule has 2 heterocycles. The molecule has 1 aromatic heterocycles. The van der Waals surface area contributed by atoms with E-state index in [0.717, 1.165) is 43.6 Å². The summed E-state index contributed by atoms with van der Waals surface area (Å²) in [5.74, 6) is 3.66. The van der Waals surface area contributed by atoms with Gasteiger partial charge in [-0.05, 0) is 31.5 Å². The van der Waals surface area contributed by atoms with E-state index in [1.54, 1.807) is 0 Å². The minimum Gasteiger partial charge on any atom is -0.464 e. The van der Waals surface area contributed by atoms with Crippen molar-refractivity contribution in [3.05, 3.63) is 23.7 Å². The molecule has 1 aromatic rings. The molecule has 2 N–H and O–H groups in total. The molecule has 3 unspecified atom stereocenters. The summed E-state index contributed by atoms with van der Waals surface area (Å²) in [6.07, 6.45) is 1.27. The second-order valence-corrected chi connectivity index (χ2v) is 6.15. The SMILES string of the molecule is CC1CC1c1ccc(C(CN)N2CCN(C)CC2)o1. The largest absolute Gasteiger partial charge is 0.464 e. The fraction of sp³-hybridized carbons (Fsp3) is 0.733. The zero-order valence-electron chi connectivity index (χ0n) is 12.0. The summed E-state index contributed by atoms with van der Waals surface area (Å²) in [7, 11) is 2.17. The molecule has 19 heavy (non-hydrogen) atoms. The highest BCUT2D eigenvalue weighted by Crippen LogP contribution is 2.47. The first-order chi connectivity index (χ1) is 9.19. The highest BCUT2D eigenvalue weighted by molar-refractivity contribution is 5.19. The van der Waals surface area contributed by atoms with E-state index < -0.39 is 0 Å². The molecule has 3 atom stereocenters. The second kappa shape index (κ2) is 5.27. The Morgan fingerprint density at radius 2 is 2.00 bits per heavy atom. The van der Waals surface area contributed by atoms with Gasteiger partial charge in [0.1, 0.15) is 11.5 Å². The van der Waals surface area contributed by atoms with Gasteiger partial charge >= 0.3 is 0 Å². The van der Waals surface area contributed by atoms with Gasteiger partial charge in [-0.25, -0.2) is 0 Å². The molecule has 0 aromatic carbocycles. The van der Waals surface area contributed by atoms with Gasteiger partial charge < -0.3 is 15.1 Å². The Labute approximate surface area is 115 Å². The lowest BCUT2D eigenvalue weighted by Gasteiger charge is -2.36. The zero-order valence-corrected chi connectivity index (χ0v) is 12.0. The first-order valence-electron chi connectivity index (χ1n) is 7.41. The number of likely N-dealkylation sites (N-methyl/N-ethyl adjacent to an activating group) is 1. The maximum absolute atomic E-state index is 6.08. The maximum atomic E-state index is 6.08. The first-order valence-corrected chi connectivity index (χ1v) is 7.41. The van der Waals surface area contributed by atoms with Crippen molar-refractivity contribution in [2.24, 2.45) is 11.7 Å². The van der Waals surface area contributed by atoms with Crippen LogP contribution in [-0.4, -0.2) is 49.6 Å². The van der Waals surface area contributed by atoms with Gasteiger partial charge in [0.2, 0.25) is 0 Å². The van der Waals surface area contributed by atoms with Crippen molar-refractivity contribution in [2.45, 2.75) is 25.3 Å². The number of furan rings is 1. The van der Waals surface area contributed by atoms with Crippen LogP contribution < -0.4 is 5.73 Å². The third kappa shape index (κ3) is 2.71. The molecule has 1 aliphatic carbocycles. The smallest absolute Gasteiger partial charge is 0.122 e. The predicted octanol–water partition coefficient (Wildman–Crippen LogP) is 1.65. The molecule has 0 radical (unpaired) electrons. The van der Waals surface area contributed by atoms with Crippen molar-refractivity contribution >= 4 is 0 Å². The van der Waals surface area contributed by atoms with E-state index >= 15 is 0 Å². The molecule has 106 valence electrons. The van der Waals surface area contributed by atoms with Crippen molar-refractivity contribution in [3.8, 4) is 0 Å². The van der Waals surface area contributed by atoms with Gasteiger partial charge in [-0.15, -0.1) is 0 Å². The summed E-state index contributed by atoms with van der Waals surface area (Å²) in [6.45, 7) is 7.31. The summed E-state index contributed by atoms with van der Waals surface area (Å²) in [6, 6.07) is 4.54. The van der Waals surface area contributed by atoms with E-state index in [0.29, 0.717) is 12.5 Å². The first kappa shape index (κ1) is 13.2. The number of piperazine rings is 1. The van der Waals surface area contributed by atoms with Crippen molar-refractivity contribution in [2.75, 3.05) is 39.8 Å². The van der Waals surface area contributed by atoms with Crippen molar-refractivity contribution in [1.29, 1.82) is 0 Å². The van der Waals surface area contributed by atoms with Crippen LogP contribution >= 0.6 is 0 Å². The monoisotopic (exact) mass is 263 g/mol. The minimum absolute atomic E-state index is 0.247. The number of hydrogen-bond acceptors (Lipinski definition) is 4. The Kier molecular flexibility index (Phi) is 3.65. The Hall–Kier alpha value is -0.840. The van der Waals surface area contributed by atoms with E-state index in [-0.39, 0.29) is 6.04 Å². The Bertz CT molecular complexity index is 423. The predicted molar refractivity (Wildman–Crippen MR) is 76.1 cm³/mol. The minimum atomic E-state index is 0.247. The Morgan fingerprint density at radius 3 is 2.58 bits per heavy atom. The maximum Gasteiger partial charge on any atom is 0.122 e. The number of nitrogens with two attached hydrogens (primary N) is 1. The standard InChI is InChI=1S/C15H25N3O/c1-11-9-12(11)14-3-4-15(19-14)13(10-16)18-7-5-17(2)6-8-18/h3-4,11-13H,5-10,16H2,1-2H3. The number of nitrogens with zero attached hydrogens (tertiary/aromatic N) is 2. The normalized spacial score (nSPS) is 30.5. The summed E-state index contributed by atoms with van der Waals surface area (Å²) in [5, 5.41) is 0. The zero-order chi connectivity index (χ0) is 13.4. The highest BCUT2D eigenvalue weighted by atomic mass is 16.3. The molecule has 0 bridgehead atoms. The summed E-state index contributed by atoms with van der Waals surface area (Å²) in [5.41, 5.74) is 5.98. The van der Waals surface area contributed by atoms with Crippen LogP contribution in [0.2, 0.25) is 0 Å². The molecule has 0 amide bonds. The fourth-order valence-electron chi connectivity index (χ4n) is 3.04. The van der Waals surface area contributed by atoms with Crippen LogP contribution in [0.5, 0.6) is 0 Å². The lowest BCUT2D eigenvalue weighted by atomic mass is 10.1. The van der Waals surface area contributed by atoms with Gasteiger partial charge in [-0.1, -0.05) is 6.92 Å². The van der Waals surface area contributed by atoms with Gasteiger partial charge in [0.15, 0.2) is 0 Å². The summed E-state index contributed by atoms with van der Waals surface area (Å²) >= 11 is 0.